The van der Waals surface area contributed by atoms with Gasteiger partial charge in [0, 0.05) is 5.56 Å². The molecule has 0 bridgehead atoms. The minimum absolute atomic E-state index is 0.817. The van der Waals surface area contributed by atoms with Crippen molar-refractivity contribution in [2.75, 3.05) is 0 Å². The summed E-state index contributed by atoms with van der Waals surface area (Å²) in [5, 5.41) is 0. The van der Waals surface area contributed by atoms with Gasteiger partial charge in [0.2, 0.25) is 58.0 Å². The van der Waals surface area contributed by atoms with Crippen LogP contribution in [0.15, 0.2) is 53.6 Å². The van der Waals surface area contributed by atoms with Gasteiger partial charge in [-0.2, -0.15) is 17.6 Å². The minimum Gasteiger partial charge on any atom is -0.444 e. The SMILES string of the molecule is O=C1C(F)=C(Oc2c(F)c(F)c(F)c(F)c2F)C(F)=C(F)[C@]1(F)c1ccccc1. The Hall–Kier alpha value is -3.24. The van der Waals surface area contributed by atoms with Gasteiger partial charge < -0.3 is 4.74 Å². The summed E-state index contributed by atoms with van der Waals surface area (Å²) in [6.45, 7) is 0. The molecule has 0 unspecified atom stereocenters. The number of hydrogen-bond donors (Lipinski definition) is 0. The Morgan fingerprint density at radius 2 is 1.17 bits per heavy atom. The maximum absolute atomic E-state index is 15.0. The first-order valence-corrected chi connectivity index (χ1v) is 7.47. The molecule has 0 saturated heterocycles. The number of ketones is 1. The molecule has 0 fully saturated rings. The molecular formula is C18H5F9O2. The number of rotatable bonds is 3. The number of halogens is 9. The van der Waals surface area contributed by atoms with E-state index in [1.54, 1.807) is 0 Å². The summed E-state index contributed by atoms with van der Waals surface area (Å²) < 4.78 is 129. The molecule has 0 N–H and O–H groups in total. The summed E-state index contributed by atoms with van der Waals surface area (Å²) in [5.74, 6) is -27.3. The van der Waals surface area contributed by atoms with E-state index >= 15 is 0 Å². The quantitative estimate of drug-likeness (QED) is 0.368. The Labute approximate surface area is 155 Å². The van der Waals surface area contributed by atoms with Crippen LogP contribution in [0.2, 0.25) is 0 Å². The number of Topliss-reactive ketones (excluding diaryl/α,β-unsaturated/α-hetero) is 1. The molecule has 0 saturated carbocycles. The number of benzene rings is 2. The maximum Gasteiger partial charge on any atom is 0.254 e. The second-order valence-electron chi connectivity index (χ2n) is 5.63. The third-order valence-electron chi connectivity index (χ3n) is 3.95. The predicted molar refractivity (Wildman–Crippen MR) is 78.5 cm³/mol. The highest BCUT2D eigenvalue weighted by atomic mass is 19.2. The van der Waals surface area contributed by atoms with Gasteiger partial charge in [-0.25, -0.2) is 22.0 Å². The van der Waals surface area contributed by atoms with Crippen molar-refractivity contribution in [3.8, 4) is 5.75 Å². The largest absolute Gasteiger partial charge is 0.444 e. The minimum atomic E-state index is -3.97. The fourth-order valence-electron chi connectivity index (χ4n) is 2.49. The molecule has 0 amide bonds. The molecule has 0 heterocycles. The predicted octanol–water partition coefficient (Wildman–Crippen LogP) is 5.54. The van der Waals surface area contributed by atoms with Crippen LogP contribution in [-0.4, -0.2) is 5.78 Å². The summed E-state index contributed by atoms with van der Waals surface area (Å²) in [5.41, 5.74) is -4.79. The van der Waals surface area contributed by atoms with Crippen LogP contribution in [0.4, 0.5) is 39.5 Å². The van der Waals surface area contributed by atoms with E-state index in [9.17, 15) is 44.3 Å². The first kappa shape index (κ1) is 20.5. The summed E-state index contributed by atoms with van der Waals surface area (Å²) in [7, 11) is 0. The van der Waals surface area contributed by atoms with E-state index in [4.69, 9.17) is 0 Å². The van der Waals surface area contributed by atoms with Crippen molar-refractivity contribution in [2.45, 2.75) is 5.67 Å². The zero-order chi connectivity index (χ0) is 21.7. The lowest BCUT2D eigenvalue weighted by Crippen LogP contribution is -2.37. The Bertz CT molecular complexity index is 1060. The van der Waals surface area contributed by atoms with Crippen molar-refractivity contribution in [3.05, 3.63) is 88.2 Å². The Morgan fingerprint density at radius 3 is 1.69 bits per heavy atom. The molecule has 2 aromatic carbocycles. The van der Waals surface area contributed by atoms with Crippen LogP contribution in [-0.2, 0) is 10.5 Å². The van der Waals surface area contributed by atoms with E-state index in [1.807, 2.05) is 0 Å². The van der Waals surface area contributed by atoms with Gasteiger partial charge >= 0.3 is 0 Å². The summed E-state index contributed by atoms with van der Waals surface area (Å²) >= 11 is 0. The smallest absolute Gasteiger partial charge is 0.254 e. The van der Waals surface area contributed by atoms with Crippen molar-refractivity contribution >= 4 is 5.78 Å². The number of hydrogen-bond acceptors (Lipinski definition) is 2. The van der Waals surface area contributed by atoms with Crippen LogP contribution in [0.5, 0.6) is 5.75 Å². The molecule has 29 heavy (non-hydrogen) atoms. The molecule has 2 nitrogen and oxygen atoms in total. The summed E-state index contributed by atoms with van der Waals surface area (Å²) in [6, 6.07) is 5.22. The standard InChI is InChI=1S/C18H5F9O2/c19-7-8(20)10(22)14(11(23)9(7)21)29-15-12(24)16(26)18(27,17(28)13(15)25)6-4-2-1-3-5-6/h1-5H/t18-/m1/s1. The van der Waals surface area contributed by atoms with Gasteiger partial charge in [-0.15, -0.1) is 0 Å². The second kappa shape index (κ2) is 6.98. The van der Waals surface area contributed by atoms with Crippen molar-refractivity contribution in [1.29, 1.82) is 0 Å². The number of allylic oxidation sites excluding steroid dienone is 3. The molecule has 1 aliphatic rings. The van der Waals surface area contributed by atoms with Crippen LogP contribution >= 0.6 is 0 Å². The maximum atomic E-state index is 15.0. The first-order valence-electron chi connectivity index (χ1n) is 7.47. The van der Waals surface area contributed by atoms with Crippen molar-refractivity contribution in [3.63, 3.8) is 0 Å². The van der Waals surface area contributed by atoms with Crippen LogP contribution in [0, 0.1) is 29.1 Å². The Morgan fingerprint density at radius 1 is 0.690 bits per heavy atom. The van der Waals surface area contributed by atoms with E-state index in [0.717, 1.165) is 24.3 Å². The lowest BCUT2D eigenvalue weighted by Gasteiger charge is -2.27. The second-order valence-corrected chi connectivity index (χ2v) is 5.63. The van der Waals surface area contributed by atoms with Crippen molar-refractivity contribution in [2.24, 2.45) is 0 Å². The zero-order valence-corrected chi connectivity index (χ0v) is 13.6. The first-order chi connectivity index (χ1) is 13.5. The number of ether oxygens (including phenoxy) is 1. The zero-order valence-electron chi connectivity index (χ0n) is 13.6. The topological polar surface area (TPSA) is 26.3 Å². The average Bonchev–Trinajstić information content (AvgIpc) is 2.73. The molecular weight excluding hydrogens is 419 g/mol. The van der Waals surface area contributed by atoms with Crippen molar-refractivity contribution < 1.29 is 49.0 Å². The highest BCUT2D eigenvalue weighted by Crippen LogP contribution is 2.47. The monoisotopic (exact) mass is 424 g/mol. The summed E-state index contributed by atoms with van der Waals surface area (Å²) in [6.07, 6.45) is 0. The van der Waals surface area contributed by atoms with Gasteiger partial charge in [0.15, 0.2) is 5.83 Å². The van der Waals surface area contributed by atoms with Gasteiger partial charge in [-0.05, 0) is 0 Å². The molecule has 3 rings (SSSR count). The number of alkyl halides is 1. The van der Waals surface area contributed by atoms with Gasteiger partial charge in [0.1, 0.15) is 0 Å². The van der Waals surface area contributed by atoms with Gasteiger partial charge in [0.25, 0.3) is 5.67 Å². The fraction of sp³-hybridized carbons (Fsp3) is 0.0556. The third kappa shape index (κ3) is 2.88. The lowest BCUT2D eigenvalue weighted by molar-refractivity contribution is -0.128. The lowest BCUT2D eigenvalue weighted by atomic mass is 9.85. The van der Waals surface area contributed by atoms with E-state index in [1.165, 1.54) is 6.07 Å². The Kier molecular flexibility index (Phi) is 4.93. The number of carbonyl (C=O) groups is 1. The van der Waals surface area contributed by atoms with Gasteiger partial charge in [0.05, 0.1) is 0 Å². The summed E-state index contributed by atoms with van der Waals surface area (Å²) in [4.78, 5) is 12.0. The highest BCUT2D eigenvalue weighted by molar-refractivity contribution is 6.05. The van der Waals surface area contributed by atoms with E-state index in [2.05, 4.69) is 4.74 Å². The molecule has 11 heteroatoms. The van der Waals surface area contributed by atoms with E-state index in [0.29, 0.717) is 0 Å². The fourth-order valence-corrected chi connectivity index (χ4v) is 2.49. The highest BCUT2D eigenvalue weighted by Gasteiger charge is 2.54. The molecule has 1 atom stereocenters. The van der Waals surface area contributed by atoms with Gasteiger partial charge in [-0.1, -0.05) is 30.3 Å². The van der Waals surface area contributed by atoms with Crippen LogP contribution in [0.25, 0.3) is 0 Å². The normalized spacial score (nSPS) is 19.8. The molecule has 0 aliphatic heterocycles. The van der Waals surface area contributed by atoms with Crippen molar-refractivity contribution in [1.82, 2.24) is 0 Å². The molecule has 2 aromatic rings. The van der Waals surface area contributed by atoms with E-state index in [-0.39, 0.29) is 0 Å². The van der Waals surface area contributed by atoms with E-state index < -0.39 is 75.1 Å². The van der Waals surface area contributed by atoms with Crippen LogP contribution in [0.1, 0.15) is 5.56 Å². The molecule has 152 valence electrons. The molecule has 0 spiro atoms. The number of carbonyl (C=O) groups excluding carboxylic acids is 1. The Balaban J connectivity index is 2.16. The molecule has 0 radical (unpaired) electrons. The van der Waals surface area contributed by atoms with Crippen LogP contribution < -0.4 is 4.74 Å². The third-order valence-corrected chi connectivity index (χ3v) is 3.95. The van der Waals surface area contributed by atoms with Crippen LogP contribution in [0.3, 0.4) is 0 Å². The average molecular weight is 424 g/mol. The molecule has 1 aliphatic carbocycles. The van der Waals surface area contributed by atoms with Gasteiger partial charge in [-0.3, -0.25) is 4.79 Å². The molecule has 0 aromatic heterocycles.